The first kappa shape index (κ1) is 12.3. The number of nitrogens with zero attached hydrogens (tertiary/aromatic N) is 2. The number of hydrogen-bond acceptors (Lipinski definition) is 4. The van der Waals surface area contributed by atoms with E-state index in [1.807, 2.05) is 0 Å². The molecule has 1 N–H and O–H groups in total. The molecule has 0 radical (unpaired) electrons. The van der Waals surface area contributed by atoms with Gasteiger partial charge < -0.3 is 0 Å². The Kier molecular flexibility index (Phi) is 2.90. The molecule has 1 aliphatic rings. The molecule has 6 nitrogen and oxygen atoms in total. The number of benzene rings is 1. The predicted octanol–water partition coefficient (Wildman–Crippen LogP) is 1.49. The van der Waals surface area contributed by atoms with E-state index in [9.17, 15) is 14.4 Å². The van der Waals surface area contributed by atoms with Crippen molar-refractivity contribution in [1.82, 2.24) is 10.3 Å². The van der Waals surface area contributed by atoms with Gasteiger partial charge in [-0.1, -0.05) is 6.07 Å². The van der Waals surface area contributed by atoms with Crippen molar-refractivity contribution in [3.05, 3.63) is 36.0 Å². The van der Waals surface area contributed by atoms with Crippen molar-refractivity contribution in [2.45, 2.75) is 6.42 Å². The summed E-state index contributed by atoms with van der Waals surface area (Å²) in [6, 6.07) is 6.60. The Morgan fingerprint density at radius 1 is 1.30 bits per heavy atom. The van der Waals surface area contributed by atoms with Crippen LogP contribution >= 0.6 is 0 Å². The first-order valence-corrected chi connectivity index (χ1v) is 6.14. The van der Waals surface area contributed by atoms with Crippen molar-refractivity contribution in [2.24, 2.45) is 0 Å². The molecule has 1 saturated heterocycles. The fourth-order valence-electron chi connectivity index (χ4n) is 2.24. The van der Waals surface area contributed by atoms with Crippen LogP contribution in [0.1, 0.15) is 16.8 Å². The van der Waals surface area contributed by atoms with Gasteiger partial charge in [0.05, 0.1) is 11.2 Å². The number of aldehydes is 1. The second-order valence-corrected chi connectivity index (χ2v) is 4.49. The lowest BCUT2D eigenvalue weighted by molar-refractivity contribution is -0.120. The highest BCUT2D eigenvalue weighted by Gasteiger charge is 2.25. The number of hydrogen-bond donors (Lipinski definition) is 1. The SMILES string of the molecule is O=Cc1cnc2cccc(N3CCC(=O)NC3=O)c2c1. The van der Waals surface area contributed by atoms with Gasteiger partial charge >= 0.3 is 6.03 Å². The summed E-state index contributed by atoms with van der Waals surface area (Å²) < 4.78 is 0. The Balaban J connectivity index is 2.13. The summed E-state index contributed by atoms with van der Waals surface area (Å²) in [5.41, 5.74) is 1.78. The highest BCUT2D eigenvalue weighted by molar-refractivity contribution is 6.09. The van der Waals surface area contributed by atoms with Gasteiger partial charge in [-0.3, -0.25) is 24.8 Å². The fourth-order valence-corrected chi connectivity index (χ4v) is 2.24. The number of carbonyl (C=O) groups excluding carboxylic acids is 3. The number of pyridine rings is 1. The lowest BCUT2D eigenvalue weighted by Gasteiger charge is -2.27. The van der Waals surface area contributed by atoms with Crippen LogP contribution in [-0.2, 0) is 4.79 Å². The summed E-state index contributed by atoms with van der Waals surface area (Å²) in [5.74, 6) is -0.279. The first-order chi connectivity index (χ1) is 9.69. The Bertz CT molecular complexity index is 727. The highest BCUT2D eigenvalue weighted by Crippen LogP contribution is 2.27. The molecule has 1 aromatic carbocycles. The van der Waals surface area contributed by atoms with Gasteiger partial charge in [0.25, 0.3) is 0 Å². The number of nitrogens with one attached hydrogen (secondary N) is 1. The molecule has 20 heavy (non-hydrogen) atoms. The van der Waals surface area contributed by atoms with Crippen LogP contribution in [0.25, 0.3) is 10.9 Å². The smallest absolute Gasteiger partial charge is 0.298 e. The quantitative estimate of drug-likeness (QED) is 0.838. The minimum atomic E-state index is -0.453. The summed E-state index contributed by atoms with van der Waals surface area (Å²) in [6.45, 7) is 0.315. The summed E-state index contributed by atoms with van der Waals surface area (Å²) in [6.07, 6.45) is 2.45. The van der Waals surface area contributed by atoms with Gasteiger partial charge in [0.15, 0.2) is 6.29 Å². The lowest BCUT2D eigenvalue weighted by atomic mass is 10.1. The maximum atomic E-state index is 11.9. The van der Waals surface area contributed by atoms with E-state index in [1.54, 1.807) is 24.3 Å². The molecule has 0 aliphatic carbocycles. The fraction of sp³-hybridized carbons (Fsp3) is 0.143. The zero-order valence-electron chi connectivity index (χ0n) is 10.5. The number of amides is 3. The number of imide groups is 1. The number of carbonyl (C=O) groups is 3. The van der Waals surface area contributed by atoms with E-state index < -0.39 is 6.03 Å². The molecule has 6 heteroatoms. The average Bonchev–Trinajstić information content (AvgIpc) is 2.46. The van der Waals surface area contributed by atoms with Crippen LogP contribution in [0.4, 0.5) is 10.5 Å². The zero-order chi connectivity index (χ0) is 14.1. The van der Waals surface area contributed by atoms with Gasteiger partial charge in [-0.05, 0) is 18.2 Å². The molecule has 0 unspecified atom stereocenters. The summed E-state index contributed by atoms with van der Waals surface area (Å²) in [4.78, 5) is 39.6. The van der Waals surface area contributed by atoms with Crippen molar-refractivity contribution >= 4 is 34.8 Å². The second-order valence-electron chi connectivity index (χ2n) is 4.49. The third-order valence-electron chi connectivity index (χ3n) is 3.20. The molecule has 2 heterocycles. The summed E-state index contributed by atoms with van der Waals surface area (Å²) >= 11 is 0. The van der Waals surface area contributed by atoms with Crippen LogP contribution in [0.5, 0.6) is 0 Å². The standard InChI is InChI=1S/C14H11N3O3/c18-8-9-6-10-11(15-7-9)2-1-3-12(10)17-5-4-13(19)16-14(17)20/h1-3,6-8H,4-5H2,(H,16,19,20). The molecule has 0 saturated carbocycles. The maximum Gasteiger partial charge on any atom is 0.328 e. The number of fused-ring (bicyclic) bond motifs is 1. The monoisotopic (exact) mass is 269 g/mol. The topological polar surface area (TPSA) is 79.4 Å². The molecule has 0 spiro atoms. The Hall–Kier alpha value is -2.76. The van der Waals surface area contributed by atoms with Crippen molar-refractivity contribution in [1.29, 1.82) is 0 Å². The molecule has 1 fully saturated rings. The van der Waals surface area contributed by atoms with Crippen LogP contribution in [0.3, 0.4) is 0 Å². The molecule has 2 aromatic rings. The van der Waals surface area contributed by atoms with E-state index in [2.05, 4.69) is 10.3 Å². The van der Waals surface area contributed by atoms with Gasteiger partial charge in [-0.2, -0.15) is 0 Å². The van der Waals surface area contributed by atoms with Crippen molar-refractivity contribution in [3.63, 3.8) is 0 Å². The molecule has 100 valence electrons. The largest absolute Gasteiger partial charge is 0.328 e. The van der Waals surface area contributed by atoms with Crippen molar-refractivity contribution in [3.8, 4) is 0 Å². The molecule has 0 atom stereocenters. The third kappa shape index (κ3) is 2.01. The van der Waals surface area contributed by atoms with Gasteiger partial charge in [0.2, 0.25) is 5.91 Å². The van der Waals surface area contributed by atoms with Crippen molar-refractivity contribution in [2.75, 3.05) is 11.4 Å². The van der Waals surface area contributed by atoms with Crippen LogP contribution in [0, 0.1) is 0 Å². The van der Waals surface area contributed by atoms with E-state index in [1.165, 1.54) is 11.1 Å². The Morgan fingerprint density at radius 2 is 2.15 bits per heavy atom. The van der Waals surface area contributed by atoms with E-state index in [4.69, 9.17) is 0 Å². The van der Waals surface area contributed by atoms with Crippen molar-refractivity contribution < 1.29 is 14.4 Å². The zero-order valence-corrected chi connectivity index (χ0v) is 10.5. The molecular weight excluding hydrogens is 258 g/mol. The lowest BCUT2D eigenvalue weighted by Crippen LogP contribution is -2.49. The Labute approximate surface area is 114 Å². The summed E-state index contributed by atoms with van der Waals surface area (Å²) in [7, 11) is 0. The third-order valence-corrected chi connectivity index (χ3v) is 3.20. The Morgan fingerprint density at radius 3 is 2.90 bits per heavy atom. The van der Waals surface area contributed by atoms with E-state index in [-0.39, 0.29) is 12.3 Å². The molecular formula is C14H11N3O3. The second kappa shape index (κ2) is 4.73. The van der Waals surface area contributed by atoms with Crippen LogP contribution < -0.4 is 10.2 Å². The van der Waals surface area contributed by atoms with Crippen LogP contribution in [0.2, 0.25) is 0 Å². The maximum absolute atomic E-state index is 11.9. The van der Waals surface area contributed by atoms with Crippen LogP contribution in [0.15, 0.2) is 30.5 Å². The number of urea groups is 1. The number of anilines is 1. The van der Waals surface area contributed by atoms with Gasteiger partial charge in [0, 0.05) is 30.1 Å². The molecule has 1 aliphatic heterocycles. The minimum Gasteiger partial charge on any atom is -0.298 e. The summed E-state index contributed by atoms with van der Waals surface area (Å²) in [5, 5.41) is 2.99. The normalized spacial score (nSPS) is 15.3. The minimum absolute atomic E-state index is 0.253. The predicted molar refractivity (Wildman–Crippen MR) is 72.6 cm³/mol. The van der Waals surface area contributed by atoms with E-state index in [0.717, 1.165) is 0 Å². The molecule has 0 bridgehead atoms. The molecule has 3 rings (SSSR count). The molecule has 1 aromatic heterocycles. The van der Waals surface area contributed by atoms with Gasteiger partial charge in [-0.15, -0.1) is 0 Å². The van der Waals surface area contributed by atoms with E-state index >= 15 is 0 Å². The van der Waals surface area contributed by atoms with Gasteiger partial charge in [-0.25, -0.2) is 4.79 Å². The first-order valence-electron chi connectivity index (χ1n) is 6.14. The van der Waals surface area contributed by atoms with Crippen LogP contribution in [-0.4, -0.2) is 29.8 Å². The number of aromatic nitrogens is 1. The van der Waals surface area contributed by atoms with E-state index in [0.29, 0.717) is 35.0 Å². The highest BCUT2D eigenvalue weighted by atomic mass is 16.2. The average molecular weight is 269 g/mol. The number of rotatable bonds is 2. The molecule has 3 amide bonds. The van der Waals surface area contributed by atoms with Gasteiger partial charge in [0.1, 0.15) is 0 Å².